The highest BCUT2D eigenvalue weighted by atomic mass is 32.2. The third kappa shape index (κ3) is 3.00. The van der Waals surface area contributed by atoms with E-state index in [9.17, 15) is 13.2 Å². The lowest BCUT2D eigenvalue weighted by Crippen LogP contribution is -2.16. The summed E-state index contributed by atoms with van der Waals surface area (Å²) in [6.07, 6.45) is 4.33. The summed E-state index contributed by atoms with van der Waals surface area (Å²) in [5.74, 6) is -0.0632. The Balaban J connectivity index is 2.17. The molecule has 1 aromatic heterocycles. The van der Waals surface area contributed by atoms with Gasteiger partial charge in [0.15, 0.2) is 15.7 Å². The number of anilines is 1. The minimum Gasteiger partial charge on any atom is -0.330 e. The van der Waals surface area contributed by atoms with Crippen molar-refractivity contribution in [2.45, 2.75) is 4.90 Å². The molecule has 19 heavy (non-hydrogen) atoms. The number of rotatable bonds is 3. The van der Waals surface area contributed by atoms with E-state index in [1.165, 1.54) is 30.5 Å². The number of carbonyl (C=O) groups excluding carboxylic acids is 1. The van der Waals surface area contributed by atoms with Crippen LogP contribution in [-0.2, 0) is 16.9 Å². The molecule has 0 unspecified atom stereocenters. The monoisotopic (exact) mass is 279 g/mol. The first-order chi connectivity index (χ1) is 8.88. The molecule has 0 aliphatic rings. The molecule has 1 N–H and O–H groups in total. The summed E-state index contributed by atoms with van der Waals surface area (Å²) < 4.78 is 24.2. The van der Waals surface area contributed by atoms with Crippen molar-refractivity contribution in [3.05, 3.63) is 42.5 Å². The second-order valence-corrected chi connectivity index (χ2v) is 6.13. The van der Waals surface area contributed by atoms with Crippen LogP contribution in [0, 0.1) is 0 Å². The molecule has 7 heteroatoms. The second-order valence-electron chi connectivity index (χ2n) is 4.11. The number of amides is 1. The minimum atomic E-state index is -3.23. The number of imidazole rings is 1. The Hall–Kier alpha value is -2.15. The van der Waals surface area contributed by atoms with Crippen LogP contribution in [0.3, 0.4) is 0 Å². The molecule has 0 bridgehead atoms. The Labute approximate surface area is 111 Å². The summed E-state index contributed by atoms with van der Waals surface area (Å²) in [5, 5.41) is 2.65. The van der Waals surface area contributed by atoms with Crippen LogP contribution in [0.1, 0.15) is 10.6 Å². The molecule has 0 radical (unpaired) electrons. The molecule has 0 spiro atoms. The summed E-state index contributed by atoms with van der Waals surface area (Å²) in [4.78, 5) is 16.0. The highest BCUT2D eigenvalue weighted by molar-refractivity contribution is 7.90. The van der Waals surface area contributed by atoms with E-state index in [1.54, 1.807) is 17.8 Å². The maximum absolute atomic E-state index is 11.9. The van der Waals surface area contributed by atoms with Gasteiger partial charge in [0, 0.05) is 31.4 Å². The zero-order chi connectivity index (χ0) is 14.0. The number of carbonyl (C=O) groups is 1. The Kier molecular flexibility index (Phi) is 3.39. The maximum atomic E-state index is 11.9. The van der Waals surface area contributed by atoms with Crippen molar-refractivity contribution < 1.29 is 13.2 Å². The van der Waals surface area contributed by atoms with E-state index in [0.29, 0.717) is 5.69 Å². The van der Waals surface area contributed by atoms with Crippen LogP contribution >= 0.6 is 0 Å². The van der Waals surface area contributed by atoms with Gasteiger partial charge in [-0.05, 0) is 24.3 Å². The van der Waals surface area contributed by atoms with E-state index >= 15 is 0 Å². The largest absolute Gasteiger partial charge is 0.330 e. The molecular formula is C12H13N3O3S. The van der Waals surface area contributed by atoms with Crippen LogP contribution in [0.5, 0.6) is 0 Å². The van der Waals surface area contributed by atoms with Gasteiger partial charge in [-0.15, -0.1) is 0 Å². The highest BCUT2D eigenvalue weighted by Gasteiger charge is 2.11. The summed E-state index contributed by atoms with van der Waals surface area (Å²) in [6.45, 7) is 0. The topological polar surface area (TPSA) is 81.1 Å². The van der Waals surface area contributed by atoms with Gasteiger partial charge in [-0.25, -0.2) is 13.4 Å². The van der Waals surface area contributed by atoms with Gasteiger partial charge in [0.2, 0.25) is 0 Å². The van der Waals surface area contributed by atoms with Gasteiger partial charge in [-0.2, -0.15) is 0 Å². The van der Waals surface area contributed by atoms with Crippen LogP contribution in [0.2, 0.25) is 0 Å². The second kappa shape index (κ2) is 4.85. The number of nitrogens with one attached hydrogen (secondary N) is 1. The van der Waals surface area contributed by atoms with E-state index in [4.69, 9.17) is 0 Å². The zero-order valence-electron chi connectivity index (χ0n) is 10.5. The number of benzene rings is 1. The van der Waals surface area contributed by atoms with Crippen molar-refractivity contribution >= 4 is 21.4 Å². The molecular weight excluding hydrogens is 266 g/mol. The molecule has 0 saturated carbocycles. The summed E-state index contributed by atoms with van der Waals surface area (Å²) in [6, 6.07) is 5.97. The fourth-order valence-corrected chi connectivity index (χ4v) is 2.19. The van der Waals surface area contributed by atoms with E-state index in [0.717, 1.165) is 6.26 Å². The Morgan fingerprint density at radius 2 is 1.89 bits per heavy atom. The fraction of sp³-hybridized carbons (Fsp3) is 0.167. The first-order valence-electron chi connectivity index (χ1n) is 5.47. The van der Waals surface area contributed by atoms with Gasteiger partial charge in [-0.1, -0.05) is 0 Å². The molecule has 1 amide bonds. The first-order valence-corrected chi connectivity index (χ1v) is 7.36. The Morgan fingerprint density at radius 3 is 2.37 bits per heavy atom. The zero-order valence-corrected chi connectivity index (χ0v) is 11.3. The van der Waals surface area contributed by atoms with Crippen molar-refractivity contribution in [2.24, 2.45) is 7.05 Å². The Morgan fingerprint density at radius 1 is 1.26 bits per heavy atom. The normalized spacial score (nSPS) is 11.3. The quantitative estimate of drug-likeness (QED) is 0.911. The molecule has 0 aliphatic carbocycles. The van der Waals surface area contributed by atoms with Gasteiger partial charge >= 0.3 is 0 Å². The van der Waals surface area contributed by atoms with Crippen molar-refractivity contribution in [2.75, 3.05) is 11.6 Å². The van der Waals surface area contributed by atoms with Crippen molar-refractivity contribution in [3.63, 3.8) is 0 Å². The van der Waals surface area contributed by atoms with Crippen LogP contribution in [0.4, 0.5) is 5.69 Å². The van der Waals surface area contributed by atoms with Crippen molar-refractivity contribution in [1.29, 1.82) is 0 Å². The SMILES string of the molecule is Cn1ccnc1C(=O)Nc1ccc(S(C)(=O)=O)cc1. The first kappa shape index (κ1) is 13.3. The number of sulfone groups is 1. The lowest BCUT2D eigenvalue weighted by molar-refractivity contribution is 0.101. The van der Waals surface area contributed by atoms with Crippen LogP contribution < -0.4 is 5.32 Å². The van der Waals surface area contributed by atoms with Gasteiger partial charge in [0.25, 0.3) is 5.91 Å². The van der Waals surface area contributed by atoms with Crippen molar-refractivity contribution in [1.82, 2.24) is 9.55 Å². The predicted molar refractivity (Wildman–Crippen MR) is 70.7 cm³/mol. The third-order valence-electron chi connectivity index (χ3n) is 2.56. The number of aryl methyl sites for hydroxylation is 1. The number of aromatic nitrogens is 2. The summed E-state index contributed by atoms with van der Waals surface area (Å²) in [5.41, 5.74) is 0.514. The van der Waals surface area contributed by atoms with Gasteiger partial charge in [0.05, 0.1) is 4.90 Å². The highest BCUT2D eigenvalue weighted by Crippen LogP contribution is 2.14. The lowest BCUT2D eigenvalue weighted by atomic mass is 10.3. The molecule has 6 nitrogen and oxygen atoms in total. The summed E-state index contributed by atoms with van der Waals surface area (Å²) >= 11 is 0. The standard InChI is InChI=1S/C12H13N3O3S/c1-15-8-7-13-11(15)12(16)14-9-3-5-10(6-4-9)19(2,17)18/h3-8H,1-2H3,(H,14,16). The average molecular weight is 279 g/mol. The van der Waals surface area contributed by atoms with E-state index in [-0.39, 0.29) is 16.6 Å². The molecule has 0 fully saturated rings. The molecule has 2 rings (SSSR count). The number of nitrogens with zero attached hydrogens (tertiary/aromatic N) is 2. The van der Waals surface area contributed by atoms with Crippen LogP contribution in [0.25, 0.3) is 0 Å². The maximum Gasteiger partial charge on any atom is 0.291 e. The van der Waals surface area contributed by atoms with Crippen LogP contribution in [-0.4, -0.2) is 30.1 Å². The van der Waals surface area contributed by atoms with Gasteiger partial charge in [0.1, 0.15) is 0 Å². The predicted octanol–water partition coefficient (Wildman–Crippen LogP) is 1.08. The number of hydrogen-bond acceptors (Lipinski definition) is 4. The molecule has 2 aromatic rings. The van der Waals surface area contributed by atoms with Gasteiger partial charge in [-0.3, -0.25) is 4.79 Å². The van der Waals surface area contributed by atoms with E-state index < -0.39 is 9.84 Å². The molecule has 1 heterocycles. The third-order valence-corrected chi connectivity index (χ3v) is 3.69. The fourth-order valence-electron chi connectivity index (χ4n) is 1.56. The average Bonchev–Trinajstić information content (AvgIpc) is 2.75. The lowest BCUT2D eigenvalue weighted by Gasteiger charge is -2.05. The molecule has 100 valence electrons. The summed E-state index contributed by atoms with van der Waals surface area (Å²) in [7, 11) is -1.51. The van der Waals surface area contributed by atoms with E-state index in [1.807, 2.05) is 0 Å². The van der Waals surface area contributed by atoms with Crippen LogP contribution in [0.15, 0.2) is 41.6 Å². The van der Waals surface area contributed by atoms with E-state index in [2.05, 4.69) is 10.3 Å². The van der Waals surface area contributed by atoms with Gasteiger partial charge < -0.3 is 9.88 Å². The minimum absolute atomic E-state index is 0.211. The Bertz CT molecular complexity index is 702. The molecule has 0 atom stereocenters. The molecule has 0 saturated heterocycles. The smallest absolute Gasteiger partial charge is 0.291 e. The van der Waals surface area contributed by atoms with Crippen molar-refractivity contribution in [3.8, 4) is 0 Å². The molecule has 1 aromatic carbocycles. The molecule has 0 aliphatic heterocycles. The number of hydrogen-bond donors (Lipinski definition) is 1.